The topological polar surface area (TPSA) is 47.4 Å². The van der Waals surface area contributed by atoms with Crippen molar-refractivity contribution >= 4 is 5.91 Å². The molecule has 1 amide bonds. The summed E-state index contributed by atoms with van der Waals surface area (Å²) in [4.78, 5) is 14.6. The lowest BCUT2D eigenvalue weighted by atomic mass is 9.99. The van der Waals surface area contributed by atoms with Gasteiger partial charge in [-0.15, -0.1) is 0 Å². The van der Waals surface area contributed by atoms with Crippen molar-refractivity contribution in [2.45, 2.75) is 39.3 Å². The van der Waals surface area contributed by atoms with Crippen LogP contribution in [0.3, 0.4) is 0 Å². The van der Waals surface area contributed by atoms with E-state index in [9.17, 15) is 9.18 Å². The number of ether oxygens (including phenoxy) is 1. The van der Waals surface area contributed by atoms with Crippen LogP contribution in [0.1, 0.15) is 24.2 Å². The van der Waals surface area contributed by atoms with Crippen molar-refractivity contribution in [3.05, 3.63) is 47.5 Å². The molecule has 5 nitrogen and oxygen atoms in total. The Morgan fingerprint density at radius 3 is 2.81 bits per heavy atom. The van der Waals surface area contributed by atoms with E-state index in [-0.39, 0.29) is 30.3 Å². The van der Waals surface area contributed by atoms with Gasteiger partial charge in [0.15, 0.2) is 11.6 Å². The zero-order valence-electron chi connectivity index (χ0n) is 15.2. The zero-order chi connectivity index (χ0) is 18.3. The molecule has 2 aromatic rings. The second-order valence-corrected chi connectivity index (χ2v) is 7.47. The molecule has 2 aliphatic rings. The minimum absolute atomic E-state index is 0.0246. The Morgan fingerprint density at radius 1 is 1.27 bits per heavy atom. The van der Waals surface area contributed by atoms with Gasteiger partial charge in [-0.3, -0.25) is 9.48 Å². The molecule has 0 spiro atoms. The molecule has 6 heteroatoms. The zero-order valence-corrected chi connectivity index (χ0v) is 15.2. The molecule has 138 valence electrons. The number of aryl methyl sites for hydroxylation is 2. The average Bonchev–Trinajstić information content (AvgIpc) is 3.26. The number of amides is 1. The summed E-state index contributed by atoms with van der Waals surface area (Å²) in [6, 6.07) is 8.51. The fourth-order valence-corrected chi connectivity index (χ4v) is 4.33. The van der Waals surface area contributed by atoms with E-state index in [1.807, 2.05) is 24.8 Å². The van der Waals surface area contributed by atoms with Crippen molar-refractivity contribution < 1.29 is 13.9 Å². The highest BCUT2D eigenvalue weighted by Gasteiger charge is 2.45. The van der Waals surface area contributed by atoms with Gasteiger partial charge in [-0.2, -0.15) is 5.10 Å². The Morgan fingerprint density at radius 2 is 2.08 bits per heavy atom. The molecule has 1 saturated heterocycles. The SMILES string of the molecule is Cc1cc(C)n(CC(=O)N2C[C@@H]3CC[C@H](Oc4ccccc4F)[C@@H]3C2)n1. The van der Waals surface area contributed by atoms with Crippen molar-refractivity contribution in [2.24, 2.45) is 11.8 Å². The second kappa shape index (κ2) is 6.74. The predicted molar refractivity (Wildman–Crippen MR) is 95.3 cm³/mol. The summed E-state index contributed by atoms with van der Waals surface area (Å²) in [5.41, 5.74) is 1.92. The Hall–Kier alpha value is -2.37. The third-order valence-electron chi connectivity index (χ3n) is 5.65. The summed E-state index contributed by atoms with van der Waals surface area (Å²) in [6.07, 6.45) is 1.92. The van der Waals surface area contributed by atoms with E-state index < -0.39 is 0 Å². The van der Waals surface area contributed by atoms with E-state index in [2.05, 4.69) is 5.10 Å². The van der Waals surface area contributed by atoms with Crippen molar-refractivity contribution in [3.8, 4) is 5.75 Å². The van der Waals surface area contributed by atoms with Crippen LogP contribution in [0.5, 0.6) is 5.75 Å². The van der Waals surface area contributed by atoms with E-state index in [4.69, 9.17) is 4.74 Å². The van der Waals surface area contributed by atoms with Gasteiger partial charge in [0, 0.05) is 24.7 Å². The van der Waals surface area contributed by atoms with Crippen LogP contribution < -0.4 is 4.74 Å². The number of benzene rings is 1. The first-order valence-electron chi connectivity index (χ1n) is 9.21. The molecule has 0 bridgehead atoms. The van der Waals surface area contributed by atoms with E-state index in [1.54, 1.807) is 22.9 Å². The van der Waals surface area contributed by atoms with Crippen LogP contribution in [0.25, 0.3) is 0 Å². The standard InChI is InChI=1S/C20H24FN3O2/c1-13-9-14(2)24(22-13)12-20(25)23-10-15-7-8-18(16(15)11-23)26-19-6-4-3-5-17(19)21/h3-6,9,15-16,18H,7-8,10-12H2,1-2H3/t15-,16+,18-/m0/s1. The normalized spacial score (nSPS) is 24.7. The number of fused-ring (bicyclic) bond motifs is 1. The van der Waals surface area contributed by atoms with E-state index in [0.29, 0.717) is 18.2 Å². The van der Waals surface area contributed by atoms with Gasteiger partial charge in [0.05, 0.1) is 5.69 Å². The van der Waals surface area contributed by atoms with Gasteiger partial charge in [-0.1, -0.05) is 12.1 Å². The lowest BCUT2D eigenvalue weighted by molar-refractivity contribution is -0.131. The van der Waals surface area contributed by atoms with Crippen molar-refractivity contribution in [2.75, 3.05) is 13.1 Å². The van der Waals surface area contributed by atoms with Gasteiger partial charge in [0.1, 0.15) is 12.6 Å². The number of rotatable bonds is 4. The number of carbonyl (C=O) groups is 1. The highest BCUT2D eigenvalue weighted by atomic mass is 19.1. The molecule has 1 aliphatic carbocycles. The molecule has 4 rings (SSSR count). The molecule has 1 aromatic heterocycles. The Bertz CT molecular complexity index is 819. The largest absolute Gasteiger partial charge is 0.487 e. The van der Waals surface area contributed by atoms with Gasteiger partial charge in [-0.05, 0) is 50.8 Å². The maximum Gasteiger partial charge on any atom is 0.244 e. The highest BCUT2D eigenvalue weighted by Crippen LogP contribution is 2.40. The number of para-hydroxylation sites is 1. The van der Waals surface area contributed by atoms with Crippen LogP contribution >= 0.6 is 0 Å². The van der Waals surface area contributed by atoms with Crippen LogP contribution in [0.15, 0.2) is 30.3 Å². The molecule has 26 heavy (non-hydrogen) atoms. The van der Waals surface area contributed by atoms with Crippen molar-refractivity contribution in [1.82, 2.24) is 14.7 Å². The van der Waals surface area contributed by atoms with E-state index in [1.165, 1.54) is 6.07 Å². The number of halogens is 1. The molecule has 0 unspecified atom stereocenters. The number of likely N-dealkylation sites (tertiary alicyclic amines) is 1. The third-order valence-corrected chi connectivity index (χ3v) is 5.65. The highest BCUT2D eigenvalue weighted by molar-refractivity contribution is 5.76. The minimum Gasteiger partial charge on any atom is -0.487 e. The molecular formula is C20H24FN3O2. The smallest absolute Gasteiger partial charge is 0.244 e. The number of hydrogen-bond donors (Lipinski definition) is 0. The monoisotopic (exact) mass is 357 g/mol. The molecule has 2 heterocycles. The molecule has 0 N–H and O–H groups in total. The van der Waals surface area contributed by atoms with E-state index in [0.717, 1.165) is 30.8 Å². The molecular weight excluding hydrogens is 333 g/mol. The first kappa shape index (κ1) is 17.1. The molecule has 1 aliphatic heterocycles. The summed E-state index contributed by atoms with van der Waals surface area (Å²) >= 11 is 0. The van der Waals surface area contributed by atoms with Gasteiger partial charge in [-0.25, -0.2) is 4.39 Å². The molecule has 1 aromatic carbocycles. The summed E-state index contributed by atoms with van der Waals surface area (Å²) < 4.78 is 21.6. The maximum atomic E-state index is 13.9. The van der Waals surface area contributed by atoms with E-state index >= 15 is 0 Å². The summed E-state index contributed by atoms with van der Waals surface area (Å²) in [5.74, 6) is 0.794. The maximum absolute atomic E-state index is 13.9. The Labute approximate surface area is 152 Å². The van der Waals surface area contributed by atoms with Crippen LogP contribution in [0.2, 0.25) is 0 Å². The fourth-order valence-electron chi connectivity index (χ4n) is 4.33. The predicted octanol–water partition coefficient (Wildman–Crippen LogP) is 2.96. The number of hydrogen-bond acceptors (Lipinski definition) is 3. The quantitative estimate of drug-likeness (QED) is 0.845. The number of carbonyl (C=O) groups excluding carboxylic acids is 1. The average molecular weight is 357 g/mol. The van der Waals surface area contributed by atoms with Gasteiger partial charge >= 0.3 is 0 Å². The minimum atomic E-state index is -0.327. The van der Waals surface area contributed by atoms with Crippen LogP contribution in [0, 0.1) is 31.5 Å². The number of nitrogens with zero attached hydrogens (tertiary/aromatic N) is 3. The first-order valence-corrected chi connectivity index (χ1v) is 9.21. The van der Waals surface area contributed by atoms with Gasteiger partial charge in [0.25, 0.3) is 0 Å². The van der Waals surface area contributed by atoms with Crippen molar-refractivity contribution in [3.63, 3.8) is 0 Å². The lowest BCUT2D eigenvalue weighted by Gasteiger charge is -2.22. The van der Waals surface area contributed by atoms with Crippen molar-refractivity contribution in [1.29, 1.82) is 0 Å². The van der Waals surface area contributed by atoms with Crippen LogP contribution in [-0.4, -0.2) is 39.8 Å². The number of aromatic nitrogens is 2. The van der Waals surface area contributed by atoms with Gasteiger partial charge < -0.3 is 9.64 Å². The fraction of sp³-hybridized carbons (Fsp3) is 0.500. The van der Waals surface area contributed by atoms with Gasteiger partial charge in [0.2, 0.25) is 5.91 Å². The lowest BCUT2D eigenvalue weighted by Crippen LogP contribution is -2.35. The molecule has 3 atom stereocenters. The summed E-state index contributed by atoms with van der Waals surface area (Å²) in [7, 11) is 0. The Kier molecular flexibility index (Phi) is 4.42. The second-order valence-electron chi connectivity index (χ2n) is 7.47. The third kappa shape index (κ3) is 3.20. The first-order chi connectivity index (χ1) is 12.5. The van der Waals surface area contributed by atoms with Crippen LogP contribution in [-0.2, 0) is 11.3 Å². The molecule has 1 saturated carbocycles. The molecule has 0 radical (unpaired) electrons. The molecule has 2 fully saturated rings. The summed E-state index contributed by atoms with van der Waals surface area (Å²) in [6.45, 7) is 5.61. The van der Waals surface area contributed by atoms with Crippen LogP contribution in [0.4, 0.5) is 4.39 Å². The Balaban J connectivity index is 1.40. The summed E-state index contributed by atoms with van der Waals surface area (Å²) in [5, 5.41) is 4.38.